The Hall–Kier alpha value is -0.500. The summed E-state index contributed by atoms with van der Waals surface area (Å²) in [7, 11) is -3.92. The first-order chi connectivity index (χ1) is 7.87. The van der Waals surface area contributed by atoms with Crippen LogP contribution in [-0.2, 0) is 14.9 Å². The van der Waals surface area contributed by atoms with Crippen LogP contribution in [0.25, 0.3) is 0 Å². The Kier molecular flexibility index (Phi) is 8.32. The summed E-state index contributed by atoms with van der Waals surface area (Å²) in [6.45, 7) is 0.593. The summed E-state index contributed by atoms with van der Waals surface area (Å²) in [5, 5.41) is 0. The Labute approximate surface area is 102 Å². The number of hydrogen-bond acceptors (Lipinski definition) is 5. The largest absolute Gasteiger partial charge is 0.330 e. The van der Waals surface area contributed by atoms with Gasteiger partial charge in [0.1, 0.15) is 5.78 Å². The number of hydrogen-bond donors (Lipinski definition) is 3. The average Bonchev–Trinajstić information content (AvgIpc) is 2.23. The summed E-state index contributed by atoms with van der Waals surface area (Å²) in [6, 6.07) is -0.479. The Morgan fingerprint density at radius 3 is 2.35 bits per heavy atom. The molecule has 0 rings (SSSR count). The van der Waals surface area contributed by atoms with Gasteiger partial charge in [-0.25, -0.2) is 0 Å². The molecule has 0 amide bonds. The monoisotopic (exact) mass is 266 g/mol. The molecule has 0 aliphatic carbocycles. The molecule has 1 atom stereocenters. The molecule has 0 saturated heterocycles. The highest BCUT2D eigenvalue weighted by Crippen LogP contribution is 2.05. The maximum atomic E-state index is 11.5. The molecule has 0 radical (unpaired) electrons. The molecule has 0 saturated carbocycles. The van der Waals surface area contributed by atoms with Gasteiger partial charge in [-0.15, -0.1) is 0 Å². The van der Waals surface area contributed by atoms with E-state index in [1.807, 2.05) is 0 Å². The Morgan fingerprint density at radius 1 is 1.18 bits per heavy atom. The van der Waals surface area contributed by atoms with Gasteiger partial charge in [-0.1, -0.05) is 6.42 Å². The van der Waals surface area contributed by atoms with Crippen LogP contribution < -0.4 is 11.5 Å². The predicted molar refractivity (Wildman–Crippen MR) is 66.2 cm³/mol. The lowest BCUT2D eigenvalue weighted by molar-refractivity contribution is -0.120. The number of rotatable bonds is 10. The molecule has 0 bridgehead atoms. The normalized spacial score (nSPS) is 13.6. The lowest BCUT2D eigenvalue weighted by Gasteiger charge is -2.09. The minimum atomic E-state index is -3.92. The third kappa shape index (κ3) is 10.4. The molecule has 0 spiro atoms. The second kappa shape index (κ2) is 8.57. The molecule has 0 fully saturated rings. The van der Waals surface area contributed by atoms with Crippen LogP contribution in [-0.4, -0.2) is 37.1 Å². The third-order valence-electron chi connectivity index (χ3n) is 2.46. The van der Waals surface area contributed by atoms with Gasteiger partial charge in [0.25, 0.3) is 10.1 Å². The molecule has 0 aromatic heterocycles. The minimum absolute atomic E-state index is 0.0580. The number of Topliss-reactive ketones (excluding diaryl/α,β-unsaturated/α-hetero) is 1. The van der Waals surface area contributed by atoms with Crippen LogP contribution in [0.1, 0.15) is 38.5 Å². The summed E-state index contributed by atoms with van der Waals surface area (Å²) < 4.78 is 29.3. The van der Waals surface area contributed by atoms with E-state index in [0.29, 0.717) is 19.4 Å². The van der Waals surface area contributed by atoms with Crippen molar-refractivity contribution >= 4 is 15.9 Å². The summed E-state index contributed by atoms with van der Waals surface area (Å²) in [4.78, 5) is 11.5. The molecule has 0 aliphatic heterocycles. The quantitative estimate of drug-likeness (QED) is 0.380. The van der Waals surface area contributed by atoms with E-state index >= 15 is 0 Å². The summed E-state index contributed by atoms with van der Waals surface area (Å²) in [5.74, 6) is -0.361. The van der Waals surface area contributed by atoms with Crippen molar-refractivity contribution < 1.29 is 17.8 Å². The highest BCUT2D eigenvalue weighted by Gasteiger charge is 2.13. The maximum absolute atomic E-state index is 11.5. The molecule has 0 aromatic rings. The van der Waals surface area contributed by atoms with Crippen LogP contribution in [0, 0.1) is 0 Å². The van der Waals surface area contributed by atoms with Gasteiger partial charge in [-0.3, -0.25) is 9.35 Å². The van der Waals surface area contributed by atoms with E-state index in [1.54, 1.807) is 0 Å². The van der Waals surface area contributed by atoms with E-state index in [0.717, 1.165) is 12.8 Å². The van der Waals surface area contributed by atoms with E-state index in [-0.39, 0.29) is 24.4 Å². The smallest absolute Gasteiger partial charge is 0.264 e. The number of nitrogens with two attached hydrogens (primary N) is 2. The molecule has 5 N–H and O–H groups in total. The van der Waals surface area contributed by atoms with Crippen LogP contribution in [0.15, 0.2) is 0 Å². The van der Waals surface area contributed by atoms with E-state index in [4.69, 9.17) is 16.0 Å². The number of ketones is 1. The molecule has 0 heterocycles. The van der Waals surface area contributed by atoms with Crippen LogP contribution in [0.5, 0.6) is 0 Å². The van der Waals surface area contributed by atoms with Gasteiger partial charge < -0.3 is 11.5 Å². The molecule has 17 heavy (non-hydrogen) atoms. The van der Waals surface area contributed by atoms with Crippen molar-refractivity contribution in [2.75, 3.05) is 12.3 Å². The van der Waals surface area contributed by atoms with E-state index < -0.39 is 16.2 Å². The summed E-state index contributed by atoms with van der Waals surface area (Å²) in [6.07, 6.45) is 3.27. The molecule has 7 heteroatoms. The lowest BCUT2D eigenvalue weighted by Crippen LogP contribution is -2.30. The zero-order valence-electron chi connectivity index (χ0n) is 9.97. The van der Waals surface area contributed by atoms with Gasteiger partial charge in [-0.2, -0.15) is 8.42 Å². The molecule has 6 nitrogen and oxygen atoms in total. The highest BCUT2D eigenvalue weighted by atomic mass is 32.2. The van der Waals surface area contributed by atoms with Crippen LogP contribution in [0.2, 0.25) is 0 Å². The Morgan fingerprint density at radius 2 is 1.82 bits per heavy atom. The van der Waals surface area contributed by atoms with Crippen LogP contribution in [0.4, 0.5) is 0 Å². The first-order valence-electron chi connectivity index (χ1n) is 5.80. The van der Waals surface area contributed by atoms with Crippen molar-refractivity contribution in [1.29, 1.82) is 0 Å². The van der Waals surface area contributed by atoms with Gasteiger partial charge in [0.15, 0.2) is 0 Å². The summed E-state index contributed by atoms with van der Waals surface area (Å²) >= 11 is 0. The van der Waals surface area contributed by atoms with Gasteiger partial charge in [0.2, 0.25) is 0 Å². The average molecular weight is 266 g/mol. The van der Waals surface area contributed by atoms with Crippen LogP contribution in [0.3, 0.4) is 0 Å². The zero-order chi connectivity index (χ0) is 13.3. The summed E-state index contributed by atoms with van der Waals surface area (Å²) in [5.41, 5.74) is 11.0. The number of carbonyl (C=O) groups is 1. The molecule has 0 aromatic carbocycles. The second-order valence-electron chi connectivity index (χ2n) is 4.10. The molecular formula is C10H22N2O4S. The van der Waals surface area contributed by atoms with E-state index in [9.17, 15) is 13.2 Å². The Balaban J connectivity index is 3.64. The topological polar surface area (TPSA) is 123 Å². The van der Waals surface area contributed by atoms with Gasteiger partial charge in [-0.05, 0) is 32.2 Å². The molecule has 102 valence electrons. The van der Waals surface area contributed by atoms with Gasteiger partial charge in [0.05, 0.1) is 11.8 Å². The van der Waals surface area contributed by atoms with Crippen molar-refractivity contribution in [3.8, 4) is 0 Å². The first-order valence-corrected chi connectivity index (χ1v) is 7.41. The fourth-order valence-electron chi connectivity index (χ4n) is 1.44. The van der Waals surface area contributed by atoms with Gasteiger partial charge >= 0.3 is 0 Å². The zero-order valence-corrected chi connectivity index (χ0v) is 10.8. The van der Waals surface area contributed by atoms with Crippen molar-refractivity contribution in [3.63, 3.8) is 0 Å². The lowest BCUT2D eigenvalue weighted by atomic mass is 10.0. The molecular weight excluding hydrogens is 244 g/mol. The maximum Gasteiger partial charge on any atom is 0.264 e. The molecule has 0 aliphatic rings. The van der Waals surface area contributed by atoms with Crippen LogP contribution >= 0.6 is 0 Å². The standard InChI is InChI=1S/C10H22N2O4S/c11-7-3-1-5-9(12)10(13)6-2-4-8-17(14,15)16/h9H,1-8,11-12H2,(H,14,15,16)/t9-/m0/s1. The first kappa shape index (κ1) is 16.5. The fraction of sp³-hybridized carbons (Fsp3) is 0.900. The second-order valence-corrected chi connectivity index (χ2v) is 5.67. The number of unbranched alkanes of at least 4 members (excludes halogenated alkanes) is 2. The van der Waals surface area contributed by atoms with E-state index in [1.165, 1.54) is 0 Å². The van der Waals surface area contributed by atoms with Crippen molar-refractivity contribution in [2.45, 2.75) is 44.6 Å². The molecule has 0 unspecified atom stereocenters. The number of carbonyl (C=O) groups excluding carboxylic acids is 1. The minimum Gasteiger partial charge on any atom is -0.330 e. The van der Waals surface area contributed by atoms with Crippen molar-refractivity contribution in [1.82, 2.24) is 0 Å². The van der Waals surface area contributed by atoms with Crippen molar-refractivity contribution in [3.05, 3.63) is 0 Å². The predicted octanol–water partition coefficient (Wildman–Crippen LogP) is 0.0699. The van der Waals surface area contributed by atoms with Crippen molar-refractivity contribution in [2.24, 2.45) is 11.5 Å². The third-order valence-corrected chi connectivity index (χ3v) is 3.26. The SMILES string of the molecule is NCCCC[C@H](N)C(=O)CCCCS(=O)(=O)O. The Bertz CT molecular complexity index is 316. The fourth-order valence-corrected chi connectivity index (χ4v) is 2.01. The van der Waals surface area contributed by atoms with E-state index in [2.05, 4.69) is 0 Å². The highest BCUT2D eigenvalue weighted by molar-refractivity contribution is 7.85. The van der Waals surface area contributed by atoms with Gasteiger partial charge in [0, 0.05) is 6.42 Å².